The highest BCUT2D eigenvalue weighted by Crippen LogP contribution is 2.26. The zero-order valence-corrected chi connectivity index (χ0v) is 17.7. The highest BCUT2D eigenvalue weighted by molar-refractivity contribution is 7.98. The SMILES string of the molecule is O=S(=O)(c1ccc(SCc2cc(-c3ccc(Cl)cc3)no2)nc1)N1CCOCC1. The van der Waals surface area contributed by atoms with Gasteiger partial charge in [-0.25, -0.2) is 13.4 Å². The quantitative estimate of drug-likeness (QED) is 0.528. The van der Waals surface area contributed by atoms with Crippen LogP contribution in [0.2, 0.25) is 5.02 Å². The number of pyridine rings is 1. The van der Waals surface area contributed by atoms with Crippen molar-refractivity contribution < 1.29 is 17.7 Å². The molecule has 0 bridgehead atoms. The Morgan fingerprint density at radius 3 is 2.55 bits per heavy atom. The molecule has 7 nitrogen and oxygen atoms in total. The third-order valence-electron chi connectivity index (χ3n) is 4.38. The van der Waals surface area contributed by atoms with Crippen LogP contribution in [0.25, 0.3) is 11.3 Å². The molecule has 2 aromatic heterocycles. The second-order valence-electron chi connectivity index (χ2n) is 6.32. The average Bonchev–Trinajstić information content (AvgIpc) is 3.23. The van der Waals surface area contributed by atoms with E-state index in [9.17, 15) is 8.42 Å². The van der Waals surface area contributed by atoms with Gasteiger partial charge in [0.1, 0.15) is 16.3 Å². The van der Waals surface area contributed by atoms with Crippen molar-refractivity contribution in [1.82, 2.24) is 14.4 Å². The molecule has 152 valence electrons. The summed E-state index contributed by atoms with van der Waals surface area (Å²) in [4.78, 5) is 4.47. The van der Waals surface area contributed by atoms with Gasteiger partial charge in [0, 0.05) is 35.9 Å². The predicted octanol–water partition coefficient (Wildman–Crippen LogP) is 3.70. The number of hydrogen-bond donors (Lipinski definition) is 0. The van der Waals surface area contributed by atoms with Gasteiger partial charge in [-0.2, -0.15) is 4.31 Å². The second kappa shape index (κ2) is 8.85. The predicted molar refractivity (Wildman–Crippen MR) is 110 cm³/mol. The van der Waals surface area contributed by atoms with E-state index in [0.29, 0.717) is 47.9 Å². The van der Waals surface area contributed by atoms with E-state index in [-0.39, 0.29) is 4.90 Å². The maximum absolute atomic E-state index is 12.6. The maximum Gasteiger partial charge on any atom is 0.244 e. The lowest BCUT2D eigenvalue weighted by Gasteiger charge is -2.25. The average molecular weight is 452 g/mol. The van der Waals surface area contributed by atoms with Crippen LogP contribution in [0.5, 0.6) is 0 Å². The van der Waals surface area contributed by atoms with Gasteiger partial charge in [0.2, 0.25) is 10.0 Å². The molecule has 1 aliphatic heterocycles. The van der Waals surface area contributed by atoms with Gasteiger partial charge in [0.15, 0.2) is 0 Å². The van der Waals surface area contributed by atoms with E-state index < -0.39 is 10.0 Å². The standard InChI is InChI=1S/C19H18ClN3O4S2/c20-15-3-1-14(2-4-15)18-11-16(27-22-18)13-28-19-6-5-17(12-21-19)29(24,25)23-7-9-26-10-8-23/h1-6,11-12H,7-10,13H2. The molecule has 1 aromatic carbocycles. The van der Waals surface area contributed by atoms with E-state index in [1.54, 1.807) is 24.3 Å². The molecule has 10 heteroatoms. The highest BCUT2D eigenvalue weighted by Gasteiger charge is 2.26. The Hall–Kier alpha value is -1.91. The molecule has 29 heavy (non-hydrogen) atoms. The molecular formula is C19H18ClN3O4S2. The summed E-state index contributed by atoms with van der Waals surface area (Å²) in [6.07, 6.45) is 1.40. The fourth-order valence-corrected chi connectivity index (χ4v) is 5.02. The van der Waals surface area contributed by atoms with Crippen molar-refractivity contribution in [1.29, 1.82) is 0 Å². The molecule has 0 unspecified atom stereocenters. The topological polar surface area (TPSA) is 85.5 Å². The summed E-state index contributed by atoms with van der Waals surface area (Å²) in [5.74, 6) is 1.23. The van der Waals surface area contributed by atoms with Crippen molar-refractivity contribution in [2.24, 2.45) is 0 Å². The van der Waals surface area contributed by atoms with Gasteiger partial charge in [0.05, 0.1) is 24.0 Å². The Morgan fingerprint density at radius 1 is 1.10 bits per heavy atom. The number of nitrogens with zero attached hydrogens (tertiary/aromatic N) is 3. The lowest BCUT2D eigenvalue weighted by atomic mass is 10.1. The second-order valence-corrected chi connectivity index (χ2v) is 9.69. The van der Waals surface area contributed by atoms with E-state index in [1.165, 1.54) is 22.3 Å². The third-order valence-corrected chi connectivity index (χ3v) is 7.48. The molecule has 0 saturated carbocycles. The molecule has 4 rings (SSSR count). The van der Waals surface area contributed by atoms with E-state index in [0.717, 1.165) is 11.3 Å². The smallest absolute Gasteiger partial charge is 0.244 e. The van der Waals surface area contributed by atoms with Crippen LogP contribution < -0.4 is 0 Å². The van der Waals surface area contributed by atoms with Crippen molar-refractivity contribution in [3.05, 3.63) is 59.4 Å². The van der Waals surface area contributed by atoms with Crippen molar-refractivity contribution in [2.45, 2.75) is 15.7 Å². The number of benzene rings is 1. The Balaban J connectivity index is 1.39. The number of morpholine rings is 1. The number of rotatable bonds is 6. The Labute approximate surface area is 178 Å². The monoisotopic (exact) mass is 451 g/mol. The van der Waals surface area contributed by atoms with E-state index in [2.05, 4.69) is 10.1 Å². The van der Waals surface area contributed by atoms with Gasteiger partial charge in [-0.3, -0.25) is 0 Å². The molecule has 1 aliphatic rings. The minimum atomic E-state index is -3.53. The van der Waals surface area contributed by atoms with Gasteiger partial charge in [-0.1, -0.05) is 40.7 Å². The molecule has 1 fully saturated rings. The number of sulfonamides is 1. The number of thioether (sulfide) groups is 1. The Kier molecular flexibility index (Phi) is 6.21. The van der Waals surface area contributed by atoms with E-state index in [4.69, 9.17) is 20.9 Å². The summed E-state index contributed by atoms with van der Waals surface area (Å²) in [6.45, 7) is 1.55. The fraction of sp³-hybridized carbons (Fsp3) is 0.263. The van der Waals surface area contributed by atoms with Gasteiger partial charge in [-0.05, 0) is 24.3 Å². The molecule has 0 spiro atoms. The molecule has 3 heterocycles. The molecule has 0 N–H and O–H groups in total. The van der Waals surface area contributed by atoms with Crippen LogP contribution in [0.1, 0.15) is 5.76 Å². The summed E-state index contributed by atoms with van der Waals surface area (Å²) in [5.41, 5.74) is 1.65. The number of ether oxygens (including phenoxy) is 1. The van der Waals surface area contributed by atoms with Crippen molar-refractivity contribution in [3.8, 4) is 11.3 Å². The first-order valence-electron chi connectivity index (χ1n) is 8.91. The van der Waals surface area contributed by atoms with Crippen LogP contribution in [0.4, 0.5) is 0 Å². The first kappa shape index (κ1) is 20.4. The largest absolute Gasteiger partial charge is 0.379 e. The molecule has 1 saturated heterocycles. The lowest BCUT2D eigenvalue weighted by molar-refractivity contribution is 0.0730. The molecule has 0 radical (unpaired) electrons. The van der Waals surface area contributed by atoms with Crippen molar-refractivity contribution in [3.63, 3.8) is 0 Å². The van der Waals surface area contributed by atoms with Crippen LogP contribution in [-0.2, 0) is 20.5 Å². The lowest BCUT2D eigenvalue weighted by Crippen LogP contribution is -2.40. The summed E-state index contributed by atoms with van der Waals surface area (Å²) < 4.78 is 37.3. The van der Waals surface area contributed by atoms with Crippen LogP contribution in [0, 0.1) is 0 Å². The summed E-state index contributed by atoms with van der Waals surface area (Å²) in [7, 11) is -3.53. The third kappa shape index (κ3) is 4.81. The summed E-state index contributed by atoms with van der Waals surface area (Å²) >= 11 is 7.35. The highest BCUT2D eigenvalue weighted by atomic mass is 35.5. The fourth-order valence-electron chi connectivity index (χ4n) is 2.82. The minimum absolute atomic E-state index is 0.188. The van der Waals surface area contributed by atoms with Crippen LogP contribution in [0.3, 0.4) is 0 Å². The zero-order valence-electron chi connectivity index (χ0n) is 15.3. The minimum Gasteiger partial charge on any atom is -0.379 e. The van der Waals surface area contributed by atoms with Crippen LogP contribution in [-0.4, -0.2) is 49.2 Å². The molecule has 3 aromatic rings. The first-order chi connectivity index (χ1) is 14.0. The van der Waals surface area contributed by atoms with Crippen molar-refractivity contribution in [2.75, 3.05) is 26.3 Å². The normalized spacial score (nSPS) is 15.5. The van der Waals surface area contributed by atoms with Gasteiger partial charge in [0.25, 0.3) is 0 Å². The molecule has 0 aliphatic carbocycles. The van der Waals surface area contributed by atoms with Crippen LogP contribution >= 0.6 is 23.4 Å². The maximum atomic E-state index is 12.6. The van der Waals surface area contributed by atoms with E-state index >= 15 is 0 Å². The summed E-state index contributed by atoms with van der Waals surface area (Å²) in [5, 5.41) is 5.45. The molecule has 0 amide bonds. The molecular weight excluding hydrogens is 434 g/mol. The number of halogens is 1. The van der Waals surface area contributed by atoms with E-state index in [1.807, 2.05) is 18.2 Å². The number of hydrogen-bond acceptors (Lipinski definition) is 7. The van der Waals surface area contributed by atoms with Crippen LogP contribution in [0.15, 0.2) is 63.1 Å². The molecule has 0 atom stereocenters. The first-order valence-corrected chi connectivity index (χ1v) is 11.7. The van der Waals surface area contributed by atoms with Crippen molar-refractivity contribution >= 4 is 33.4 Å². The zero-order chi connectivity index (χ0) is 20.3. The van der Waals surface area contributed by atoms with Gasteiger partial charge < -0.3 is 9.26 Å². The van der Waals surface area contributed by atoms with Gasteiger partial charge >= 0.3 is 0 Å². The number of aromatic nitrogens is 2. The Bertz CT molecular complexity index is 1060. The van der Waals surface area contributed by atoms with Gasteiger partial charge in [-0.15, -0.1) is 0 Å². The Morgan fingerprint density at radius 2 is 1.86 bits per heavy atom. The summed E-state index contributed by atoms with van der Waals surface area (Å²) in [6, 6.07) is 12.5.